The van der Waals surface area contributed by atoms with Crippen LogP contribution in [0.2, 0.25) is 0 Å². The molecule has 0 fully saturated rings. The molecule has 1 aromatic rings. The Balaban J connectivity index is 3.08. The molecule has 0 saturated carbocycles. The van der Waals surface area contributed by atoms with Crippen LogP contribution < -0.4 is 10.1 Å². The summed E-state index contributed by atoms with van der Waals surface area (Å²) in [5, 5.41) is 3.02. The molecule has 1 unspecified atom stereocenters. The Hall–Kier alpha value is -1.62. The molecule has 0 saturated heterocycles. The smallest absolute Gasteiger partial charge is 0.307 e. The van der Waals surface area contributed by atoms with E-state index in [2.05, 4.69) is 10.1 Å². The number of carbonyl (C=O) groups is 1. The number of hydrogen-bond donors (Lipinski definition) is 1. The van der Waals surface area contributed by atoms with Crippen molar-refractivity contribution in [3.8, 4) is 5.75 Å². The van der Waals surface area contributed by atoms with Crippen LogP contribution in [0.3, 0.4) is 0 Å². The average molecular weight is 255 g/mol. The SMILES string of the molecule is CNC(C)(CC(=O)OC)c1ccc(OC)c(F)c1. The van der Waals surface area contributed by atoms with Crippen LogP contribution in [0.1, 0.15) is 18.9 Å². The zero-order valence-corrected chi connectivity index (χ0v) is 11.0. The van der Waals surface area contributed by atoms with E-state index in [0.29, 0.717) is 5.56 Å². The standard InChI is InChI=1S/C13H18FNO3/c1-13(15-2,8-12(16)18-4)9-5-6-11(17-3)10(14)7-9/h5-7,15H,8H2,1-4H3. The minimum atomic E-state index is -0.680. The number of carbonyl (C=O) groups excluding carboxylic acids is 1. The van der Waals surface area contributed by atoms with Crippen LogP contribution in [0.5, 0.6) is 5.75 Å². The van der Waals surface area contributed by atoms with E-state index < -0.39 is 11.4 Å². The molecule has 1 rings (SSSR count). The fraction of sp³-hybridized carbons (Fsp3) is 0.462. The maximum atomic E-state index is 13.7. The minimum Gasteiger partial charge on any atom is -0.494 e. The molecule has 1 atom stereocenters. The largest absolute Gasteiger partial charge is 0.494 e. The second-order valence-electron chi connectivity index (χ2n) is 4.18. The number of methoxy groups -OCH3 is 2. The highest BCUT2D eigenvalue weighted by atomic mass is 19.1. The Morgan fingerprint density at radius 1 is 1.44 bits per heavy atom. The van der Waals surface area contributed by atoms with Gasteiger partial charge in [-0.2, -0.15) is 0 Å². The van der Waals surface area contributed by atoms with Gasteiger partial charge in [0.15, 0.2) is 11.6 Å². The second kappa shape index (κ2) is 5.82. The van der Waals surface area contributed by atoms with E-state index in [1.54, 1.807) is 13.1 Å². The van der Waals surface area contributed by atoms with Crippen LogP contribution in [0.25, 0.3) is 0 Å². The van der Waals surface area contributed by atoms with Gasteiger partial charge in [0.1, 0.15) is 0 Å². The highest BCUT2D eigenvalue weighted by Crippen LogP contribution is 2.28. The van der Waals surface area contributed by atoms with E-state index in [0.717, 1.165) is 0 Å². The predicted molar refractivity (Wildman–Crippen MR) is 66.0 cm³/mol. The van der Waals surface area contributed by atoms with Gasteiger partial charge < -0.3 is 14.8 Å². The van der Waals surface area contributed by atoms with Gasteiger partial charge in [-0.15, -0.1) is 0 Å². The first-order valence-electron chi connectivity index (χ1n) is 5.56. The van der Waals surface area contributed by atoms with Crippen LogP contribution in [-0.4, -0.2) is 27.2 Å². The van der Waals surface area contributed by atoms with Crippen LogP contribution in [-0.2, 0) is 15.1 Å². The van der Waals surface area contributed by atoms with E-state index in [-0.39, 0.29) is 18.1 Å². The number of rotatable bonds is 5. The van der Waals surface area contributed by atoms with Crippen molar-refractivity contribution >= 4 is 5.97 Å². The molecule has 0 amide bonds. The van der Waals surface area contributed by atoms with Gasteiger partial charge in [-0.3, -0.25) is 4.79 Å². The Morgan fingerprint density at radius 3 is 2.56 bits per heavy atom. The molecule has 0 spiro atoms. The van der Waals surface area contributed by atoms with E-state index in [9.17, 15) is 9.18 Å². The molecular weight excluding hydrogens is 237 g/mol. The minimum absolute atomic E-state index is 0.117. The zero-order valence-electron chi connectivity index (χ0n) is 11.0. The highest BCUT2D eigenvalue weighted by Gasteiger charge is 2.29. The van der Waals surface area contributed by atoms with Gasteiger partial charge in [0.05, 0.1) is 26.2 Å². The number of esters is 1. The third-order valence-electron chi connectivity index (χ3n) is 3.07. The van der Waals surface area contributed by atoms with Gasteiger partial charge in [0, 0.05) is 0 Å². The molecule has 0 aliphatic heterocycles. The fourth-order valence-corrected chi connectivity index (χ4v) is 1.71. The maximum absolute atomic E-state index is 13.7. The van der Waals surface area contributed by atoms with Gasteiger partial charge in [-0.05, 0) is 31.7 Å². The molecule has 0 radical (unpaired) electrons. The summed E-state index contributed by atoms with van der Waals surface area (Å²) in [7, 11) is 4.45. The van der Waals surface area contributed by atoms with E-state index >= 15 is 0 Å². The molecule has 0 aliphatic rings. The van der Waals surface area contributed by atoms with E-state index in [1.165, 1.54) is 26.4 Å². The summed E-state index contributed by atoms with van der Waals surface area (Å²) < 4.78 is 23.2. The molecule has 4 nitrogen and oxygen atoms in total. The van der Waals surface area contributed by atoms with E-state index in [1.807, 2.05) is 6.92 Å². The lowest BCUT2D eigenvalue weighted by Gasteiger charge is -2.29. The lowest BCUT2D eigenvalue weighted by Crippen LogP contribution is -2.39. The van der Waals surface area contributed by atoms with Gasteiger partial charge in [0.2, 0.25) is 0 Å². The van der Waals surface area contributed by atoms with Crippen molar-refractivity contribution in [1.29, 1.82) is 0 Å². The fourth-order valence-electron chi connectivity index (χ4n) is 1.71. The predicted octanol–water partition coefficient (Wildman–Crippen LogP) is 1.83. The first-order valence-corrected chi connectivity index (χ1v) is 5.56. The third kappa shape index (κ3) is 2.98. The average Bonchev–Trinajstić information content (AvgIpc) is 2.38. The topological polar surface area (TPSA) is 47.6 Å². The lowest BCUT2D eigenvalue weighted by atomic mass is 9.88. The molecule has 18 heavy (non-hydrogen) atoms. The molecule has 1 aromatic carbocycles. The molecule has 0 heterocycles. The van der Waals surface area contributed by atoms with Crippen molar-refractivity contribution in [3.05, 3.63) is 29.6 Å². The maximum Gasteiger partial charge on any atom is 0.307 e. The van der Waals surface area contributed by atoms with Gasteiger partial charge >= 0.3 is 5.97 Å². The highest BCUT2D eigenvalue weighted by molar-refractivity contribution is 5.71. The molecular formula is C13H18FNO3. The van der Waals surface area contributed by atoms with Crippen LogP contribution >= 0.6 is 0 Å². The molecule has 5 heteroatoms. The van der Waals surface area contributed by atoms with Crippen molar-refractivity contribution in [3.63, 3.8) is 0 Å². The first-order chi connectivity index (χ1) is 8.46. The van der Waals surface area contributed by atoms with Crippen LogP contribution in [0.15, 0.2) is 18.2 Å². The van der Waals surface area contributed by atoms with Crippen molar-refractivity contribution in [2.45, 2.75) is 18.9 Å². The molecule has 0 aromatic heterocycles. The first kappa shape index (κ1) is 14.4. The number of ether oxygens (including phenoxy) is 2. The Morgan fingerprint density at radius 2 is 2.11 bits per heavy atom. The molecule has 0 bridgehead atoms. The number of nitrogens with one attached hydrogen (secondary N) is 1. The van der Waals surface area contributed by atoms with Gasteiger partial charge in [-0.25, -0.2) is 4.39 Å². The normalized spacial score (nSPS) is 13.8. The zero-order chi connectivity index (χ0) is 13.8. The second-order valence-corrected chi connectivity index (χ2v) is 4.18. The Labute approximate surface area is 106 Å². The van der Waals surface area contributed by atoms with Crippen LogP contribution in [0, 0.1) is 5.82 Å². The van der Waals surface area contributed by atoms with Crippen molar-refractivity contribution < 1.29 is 18.7 Å². The van der Waals surface area contributed by atoms with Gasteiger partial charge in [-0.1, -0.05) is 6.07 Å². The monoisotopic (exact) mass is 255 g/mol. The van der Waals surface area contributed by atoms with Crippen molar-refractivity contribution in [2.24, 2.45) is 0 Å². The summed E-state index contributed by atoms with van der Waals surface area (Å²) in [5.41, 5.74) is -0.0195. The van der Waals surface area contributed by atoms with Crippen molar-refractivity contribution in [2.75, 3.05) is 21.3 Å². The summed E-state index contributed by atoms with van der Waals surface area (Å²) in [5.74, 6) is -0.639. The lowest BCUT2D eigenvalue weighted by molar-refractivity contribution is -0.142. The third-order valence-corrected chi connectivity index (χ3v) is 3.07. The van der Waals surface area contributed by atoms with E-state index in [4.69, 9.17) is 4.74 Å². The molecule has 100 valence electrons. The number of benzene rings is 1. The Bertz CT molecular complexity index is 436. The summed E-state index contributed by atoms with van der Waals surface area (Å²) in [6.07, 6.45) is 0.117. The summed E-state index contributed by atoms with van der Waals surface area (Å²) in [6, 6.07) is 4.62. The molecule has 1 N–H and O–H groups in total. The van der Waals surface area contributed by atoms with Crippen molar-refractivity contribution in [1.82, 2.24) is 5.32 Å². The molecule has 0 aliphatic carbocycles. The number of halogens is 1. The van der Waals surface area contributed by atoms with Crippen LogP contribution in [0.4, 0.5) is 4.39 Å². The summed E-state index contributed by atoms with van der Waals surface area (Å²) in [4.78, 5) is 11.4. The summed E-state index contributed by atoms with van der Waals surface area (Å²) >= 11 is 0. The van der Waals surface area contributed by atoms with Gasteiger partial charge in [0.25, 0.3) is 0 Å². The quantitative estimate of drug-likeness (QED) is 0.815. The number of hydrogen-bond acceptors (Lipinski definition) is 4. The summed E-state index contributed by atoms with van der Waals surface area (Å²) in [6.45, 7) is 1.81. The Kier molecular flexibility index (Phi) is 4.67.